The Hall–Kier alpha value is -0.540. The van der Waals surface area contributed by atoms with Gasteiger partial charge in [0.2, 0.25) is 0 Å². The van der Waals surface area contributed by atoms with Gasteiger partial charge in [-0.3, -0.25) is 0 Å². The summed E-state index contributed by atoms with van der Waals surface area (Å²) in [7, 11) is -1.84. The molecule has 0 aliphatic heterocycles. The summed E-state index contributed by atoms with van der Waals surface area (Å²) in [5, 5.41) is 2.80. The van der Waals surface area contributed by atoms with E-state index in [1.54, 1.807) is 13.2 Å². The molecule has 0 saturated heterocycles. The van der Waals surface area contributed by atoms with Gasteiger partial charge in [0.05, 0.1) is 5.01 Å². The van der Waals surface area contributed by atoms with Gasteiger partial charge in [-0.05, 0) is 13.0 Å². The third kappa shape index (κ3) is 5.09. The van der Waals surface area contributed by atoms with Crippen molar-refractivity contribution >= 4 is 21.5 Å². The zero-order valence-electron chi connectivity index (χ0n) is 9.80. The Morgan fingerprint density at radius 1 is 1.59 bits per heavy atom. The second kappa shape index (κ2) is 7.02. The minimum absolute atomic E-state index is 0.364. The predicted octanol–water partition coefficient (Wildman–Crippen LogP) is -0.199. The fourth-order valence-electron chi connectivity index (χ4n) is 1.21. The Morgan fingerprint density at radius 3 is 2.94 bits per heavy atom. The highest BCUT2D eigenvalue weighted by molar-refractivity contribution is 7.87. The molecule has 17 heavy (non-hydrogen) atoms. The summed E-state index contributed by atoms with van der Waals surface area (Å²) >= 11 is 1.52. The van der Waals surface area contributed by atoms with Gasteiger partial charge in [-0.2, -0.15) is 12.7 Å². The molecule has 98 valence electrons. The van der Waals surface area contributed by atoms with Gasteiger partial charge in [0.25, 0.3) is 10.2 Å². The van der Waals surface area contributed by atoms with E-state index in [2.05, 4.69) is 9.71 Å². The van der Waals surface area contributed by atoms with Crippen LogP contribution in [0.15, 0.2) is 11.6 Å². The summed E-state index contributed by atoms with van der Waals surface area (Å²) in [6, 6.07) is 0. The van der Waals surface area contributed by atoms with Crippen LogP contribution in [0, 0.1) is 0 Å². The van der Waals surface area contributed by atoms with E-state index in [1.165, 1.54) is 15.6 Å². The van der Waals surface area contributed by atoms with Gasteiger partial charge in [0.15, 0.2) is 0 Å². The molecule has 0 aliphatic rings. The van der Waals surface area contributed by atoms with Gasteiger partial charge in [-0.25, -0.2) is 9.71 Å². The molecular weight excluding hydrogens is 260 g/mol. The molecule has 0 unspecified atom stereocenters. The van der Waals surface area contributed by atoms with Crippen molar-refractivity contribution in [1.82, 2.24) is 14.0 Å². The summed E-state index contributed by atoms with van der Waals surface area (Å²) in [5.74, 6) is 0. The fraction of sp³-hybridized carbons (Fsp3) is 0.667. The van der Waals surface area contributed by atoms with Crippen LogP contribution in [0.4, 0.5) is 0 Å². The van der Waals surface area contributed by atoms with Crippen LogP contribution in [0.25, 0.3) is 0 Å². The average molecular weight is 278 g/mol. The standard InChI is InChI=1S/C9H18N4O2S2/c1-13(7-2-4-10)17(14,15)12-5-3-9-11-6-8-16-9/h6,8,12H,2-5,7,10H2,1H3. The van der Waals surface area contributed by atoms with E-state index in [9.17, 15) is 8.42 Å². The minimum Gasteiger partial charge on any atom is -0.330 e. The number of aromatic nitrogens is 1. The highest BCUT2D eigenvalue weighted by atomic mass is 32.2. The van der Waals surface area contributed by atoms with Crippen LogP contribution in [0.3, 0.4) is 0 Å². The molecule has 0 fully saturated rings. The molecular formula is C9H18N4O2S2. The summed E-state index contributed by atoms with van der Waals surface area (Å²) in [4.78, 5) is 4.08. The summed E-state index contributed by atoms with van der Waals surface area (Å²) in [5.41, 5.74) is 5.34. The van der Waals surface area contributed by atoms with Crippen LogP contribution in [-0.2, 0) is 16.6 Å². The number of hydrogen-bond acceptors (Lipinski definition) is 5. The first-order valence-corrected chi connectivity index (χ1v) is 7.67. The van der Waals surface area contributed by atoms with Gasteiger partial charge >= 0.3 is 0 Å². The Morgan fingerprint density at radius 2 is 2.35 bits per heavy atom. The number of nitrogens with one attached hydrogen (secondary N) is 1. The number of nitrogens with zero attached hydrogens (tertiary/aromatic N) is 2. The molecule has 1 rings (SSSR count). The van der Waals surface area contributed by atoms with Crippen LogP contribution in [0.5, 0.6) is 0 Å². The smallest absolute Gasteiger partial charge is 0.279 e. The third-order valence-electron chi connectivity index (χ3n) is 2.19. The molecule has 1 aromatic heterocycles. The van der Waals surface area contributed by atoms with Gasteiger partial charge in [-0.15, -0.1) is 11.3 Å². The van der Waals surface area contributed by atoms with E-state index in [1.807, 2.05) is 5.38 Å². The summed E-state index contributed by atoms with van der Waals surface area (Å²) < 4.78 is 27.3. The molecule has 1 aromatic rings. The van der Waals surface area contributed by atoms with Crippen LogP contribution in [0.2, 0.25) is 0 Å². The topological polar surface area (TPSA) is 88.3 Å². The van der Waals surface area contributed by atoms with Gasteiger partial charge in [0.1, 0.15) is 0 Å². The number of hydrogen-bond donors (Lipinski definition) is 2. The SMILES string of the molecule is CN(CCCN)S(=O)(=O)NCCc1nccs1. The van der Waals surface area contributed by atoms with Crippen molar-refractivity contribution < 1.29 is 8.42 Å². The van der Waals surface area contributed by atoms with Crippen LogP contribution >= 0.6 is 11.3 Å². The predicted molar refractivity (Wildman–Crippen MR) is 69.0 cm³/mol. The van der Waals surface area contributed by atoms with E-state index in [0.29, 0.717) is 32.5 Å². The maximum atomic E-state index is 11.7. The fourth-order valence-corrected chi connectivity index (χ4v) is 2.78. The first-order valence-electron chi connectivity index (χ1n) is 5.35. The molecule has 8 heteroatoms. The number of thiazole rings is 1. The van der Waals surface area contributed by atoms with E-state index >= 15 is 0 Å². The Balaban J connectivity index is 2.33. The van der Waals surface area contributed by atoms with Crippen molar-refractivity contribution in [3.05, 3.63) is 16.6 Å². The van der Waals surface area contributed by atoms with E-state index in [4.69, 9.17) is 5.73 Å². The van der Waals surface area contributed by atoms with E-state index in [-0.39, 0.29) is 0 Å². The van der Waals surface area contributed by atoms with Crippen molar-refractivity contribution in [2.24, 2.45) is 5.73 Å². The lowest BCUT2D eigenvalue weighted by Gasteiger charge is -2.16. The zero-order valence-corrected chi connectivity index (χ0v) is 11.4. The third-order valence-corrected chi connectivity index (χ3v) is 4.61. The van der Waals surface area contributed by atoms with Crippen molar-refractivity contribution in [2.75, 3.05) is 26.7 Å². The monoisotopic (exact) mass is 278 g/mol. The van der Waals surface area contributed by atoms with Crippen molar-refractivity contribution in [3.63, 3.8) is 0 Å². The largest absolute Gasteiger partial charge is 0.330 e. The molecule has 0 spiro atoms. The first-order chi connectivity index (χ1) is 8.06. The highest BCUT2D eigenvalue weighted by Crippen LogP contribution is 2.04. The molecule has 0 radical (unpaired) electrons. The molecule has 0 saturated carbocycles. The molecule has 0 amide bonds. The van der Waals surface area contributed by atoms with Gasteiger partial charge in [0, 0.05) is 38.1 Å². The second-order valence-corrected chi connectivity index (χ2v) is 6.38. The maximum Gasteiger partial charge on any atom is 0.279 e. The van der Waals surface area contributed by atoms with E-state index in [0.717, 1.165) is 5.01 Å². The van der Waals surface area contributed by atoms with Crippen LogP contribution < -0.4 is 10.5 Å². The minimum atomic E-state index is -3.38. The molecule has 0 atom stereocenters. The Labute approximate surface area is 106 Å². The molecule has 0 bridgehead atoms. The maximum absolute atomic E-state index is 11.7. The van der Waals surface area contributed by atoms with E-state index < -0.39 is 10.2 Å². The first kappa shape index (κ1) is 14.5. The van der Waals surface area contributed by atoms with Crippen molar-refractivity contribution in [1.29, 1.82) is 0 Å². The van der Waals surface area contributed by atoms with Crippen LogP contribution in [0.1, 0.15) is 11.4 Å². The highest BCUT2D eigenvalue weighted by Gasteiger charge is 2.15. The molecule has 0 aromatic carbocycles. The number of nitrogens with two attached hydrogens (primary N) is 1. The molecule has 1 heterocycles. The lowest BCUT2D eigenvalue weighted by molar-refractivity contribution is 0.453. The van der Waals surface area contributed by atoms with Gasteiger partial charge in [-0.1, -0.05) is 0 Å². The summed E-state index contributed by atoms with van der Waals surface area (Å²) in [6.45, 7) is 1.28. The summed E-state index contributed by atoms with van der Waals surface area (Å²) in [6.07, 6.45) is 2.98. The molecule has 3 N–H and O–H groups in total. The van der Waals surface area contributed by atoms with Crippen LogP contribution in [-0.4, -0.2) is 44.4 Å². The molecule has 0 aliphatic carbocycles. The van der Waals surface area contributed by atoms with Crippen molar-refractivity contribution in [2.45, 2.75) is 12.8 Å². The molecule has 6 nitrogen and oxygen atoms in total. The normalized spacial score (nSPS) is 12.2. The lowest BCUT2D eigenvalue weighted by Crippen LogP contribution is -2.40. The Kier molecular flexibility index (Phi) is 6.00. The average Bonchev–Trinajstić information content (AvgIpc) is 2.78. The van der Waals surface area contributed by atoms with Gasteiger partial charge < -0.3 is 5.73 Å². The lowest BCUT2D eigenvalue weighted by atomic mass is 10.4. The quantitative estimate of drug-likeness (QED) is 0.689. The Bertz CT molecular complexity index is 405. The van der Waals surface area contributed by atoms with Crippen molar-refractivity contribution in [3.8, 4) is 0 Å². The zero-order chi connectivity index (χ0) is 12.7. The number of rotatable bonds is 8. The second-order valence-electron chi connectivity index (χ2n) is 3.54.